The predicted molar refractivity (Wildman–Crippen MR) is 87.0 cm³/mol. The molecule has 0 saturated heterocycles. The van der Waals surface area contributed by atoms with Gasteiger partial charge in [-0.3, -0.25) is 10.00 Å². The van der Waals surface area contributed by atoms with E-state index < -0.39 is 17.8 Å². The van der Waals surface area contributed by atoms with Gasteiger partial charge in [0.05, 0.1) is 11.3 Å². The van der Waals surface area contributed by atoms with E-state index in [1.807, 2.05) is 0 Å². The molecule has 0 unspecified atom stereocenters. The van der Waals surface area contributed by atoms with Crippen molar-refractivity contribution >= 4 is 11.8 Å². The number of rotatable bonds is 4. The zero-order valence-corrected chi connectivity index (χ0v) is 14.0. The predicted octanol–water partition coefficient (Wildman–Crippen LogP) is 3.94. The Hall–Kier alpha value is -2.51. The van der Waals surface area contributed by atoms with Crippen molar-refractivity contribution in [3.05, 3.63) is 47.2 Å². The Kier molecular flexibility index (Phi) is 4.45. The number of anilines is 1. The summed E-state index contributed by atoms with van der Waals surface area (Å²) >= 11 is 0. The van der Waals surface area contributed by atoms with Gasteiger partial charge in [0.15, 0.2) is 0 Å². The lowest BCUT2D eigenvalue weighted by molar-refractivity contribution is -0.138. The summed E-state index contributed by atoms with van der Waals surface area (Å²) in [7, 11) is 1.70. The summed E-state index contributed by atoms with van der Waals surface area (Å²) < 4.78 is 41.1. The quantitative estimate of drug-likeness (QED) is 0.906. The summed E-state index contributed by atoms with van der Waals surface area (Å²) in [6.45, 7) is 1.72. The molecule has 25 heavy (non-hydrogen) atoms. The standard InChI is InChI=1S/C17H19F3N4O/c1-11-9-15(23(2)22-11)21-16(25)24(13-7-8-13)10-12-5-3-4-6-14(12)17(18,19)20/h3-6,9,13H,7-8,10H2,1-2H3,(H,21,25). The number of amides is 2. The van der Waals surface area contributed by atoms with Gasteiger partial charge in [-0.1, -0.05) is 18.2 Å². The van der Waals surface area contributed by atoms with Crippen LogP contribution in [0.1, 0.15) is 29.7 Å². The van der Waals surface area contributed by atoms with Crippen molar-refractivity contribution in [2.75, 3.05) is 5.32 Å². The number of carbonyl (C=O) groups excluding carboxylic acids is 1. The molecular weight excluding hydrogens is 333 g/mol. The SMILES string of the molecule is Cc1cc(NC(=O)N(Cc2ccccc2C(F)(F)F)C2CC2)n(C)n1. The summed E-state index contributed by atoms with van der Waals surface area (Å²) in [5, 5.41) is 6.89. The first kappa shape index (κ1) is 17.3. The second kappa shape index (κ2) is 6.42. The van der Waals surface area contributed by atoms with Crippen molar-refractivity contribution in [3.8, 4) is 0 Å². The molecule has 1 heterocycles. The van der Waals surface area contributed by atoms with Crippen molar-refractivity contribution in [3.63, 3.8) is 0 Å². The van der Waals surface area contributed by atoms with Crippen molar-refractivity contribution in [1.82, 2.24) is 14.7 Å². The van der Waals surface area contributed by atoms with Crippen LogP contribution in [0.2, 0.25) is 0 Å². The normalized spacial score (nSPS) is 14.4. The van der Waals surface area contributed by atoms with Crippen molar-refractivity contribution < 1.29 is 18.0 Å². The van der Waals surface area contributed by atoms with Gasteiger partial charge >= 0.3 is 12.2 Å². The Balaban J connectivity index is 1.81. The van der Waals surface area contributed by atoms with Gasteiger partial charge in [0.1, 0.15) is 5.82 Å². The van der Waals surface area contributed by atoms with Crippen LogP contribution in [0.3, 0.4) is 0 Å². The lowest BCUT2D eigenvalue weighted by Crippen LogP contribution is -2.37. The number of halogens is 3. The van der Waals surface area contributed by atoms with Crippen LogP contribution in [0.4, 0.5) is 23.8 Å². The molecule has 8 heteroatoms. The second-order valence-electron chi connectivity index (χ2n) is 6.24. The zero-order valence-electron chi connectivity index (χ0n) is 14.0. The highest BCUT2D eigenvalue weighted by molar-refractivity contribution is 5.89. The molecule has 0 bridgehead atoms. The molecule has 1 saturated carbocycles. The zero-order chi connectivity index (χ0) is 18.2. The number of carbonyl (C=O) groups is 1. The minimum atomic E-state index is -4.44. The van der Waals surface area contributed by atoms with Crippen LogP contribution in [0, 0.1) is 6.92 Å². The van der Waals surface area contributed by atoms with Gasteiger partial charge in [-0.15, -0.1) is 0 Å². The van der Waals surface area contributed by atoms with Gasteiger partial charge in [-0.05, 0) is 31.4 Å². The maximum atomic E-state index is 13.2. The Morgan fingerprint density at radius 2 is 2.04 bits per heavy atom. The number of aromatic nitrogens is 2. The van der Waals surface area contributed by atoms with E-state index >= 15 is 0 Å². The first-order chi connectivity index (χ1) is 11.8. The van der Waals surface area contributed by atoms with Gasteiger partial charge in [0.25, 0.3) is 0 Å². The number of aryl methyl sites for hydroxylation is 2. The molecule has 0 atom stereocenters. The Bertz CT molecular complexity index is 780. The number of nitrogens with zero attached hydrogens (tertiary/aromatic N) is 3. The molecular formula is C17H19F3N4O. The van der Waals surface area contributed by atoms with E-state index in [-0.39, 0.29) is 18.2 Å². The number of urea groups is 1. The van der Waals surface area contributed by atoms with Crippen molar-refractivity contribution in [2.45, 2.75) is 38.5 Å². The lowest BCUT2D eigenvalue weighted by Gasteiger charge is -2.24. The molecule has 1 aromatic carbocycles. The van der Waals surface area contributed by atoms with Gasteiger partial charge in [-0.25, -0.2) is 4.79 Å². The fourth-order valence-electron chi connectivity index (χ4n) is 2.78. The van der Waals surface area contributed by atoms with Crippen LogP contribution in [0.15, 0.2) is 30.3 Å². The highest BCUT2D eigenvalue weighted by Crippen LogP contribution is 2.35. The summed E-state index contributed by atoms with van der Waals surface area (Å²) in [6, 6.07) is 6.64. The number of hydrogen-bond donors (Lipinski definition) is 1. The Labute approximate surface area is 143 Å². The van der Waals surface area contributed by atoms with Crippen molar-refractivity contribution in [1.29, 1.82) is 0 Å². The molecule has 0 spiro atoms. The van der Waals surface area contributed by atoms with E-state index in [1.165, 1.54) is 21.7 Å². The average molecular weight is 352 g/mol. The molecule has 3 rings (SSSR count). The third-order valence-corrected chi connectivity index (χ3v) is 4.15. The maximum Gasteiger partial charge on any atom is 0.416 e. The summed E-state index contributed by atoms with van der Waals surface area (Å²) in [5.74, 6) is 0.511. The maximum absolute atomic E-state index is 13.2. The van der Waals surface area contributed by atoms with E-state index in [1.54, 1.807) is 26.1 Å². The van der Waals surface area contributed by atoms with E-state index in [2.05, 4.69) is 10.4 Å². The third kappa shape index (κ3) is 3.94. The monoisotopic (exact) mass is 352 g/mol. The third-order valence-electron chi connectivity index (χ3n) is 4.15. The van der Waals surface area contributed by atoms with E-state index in [9.17, 15) is 18.0 Å². The summed E-state index contributed by atoms with van der Waals surface area (Å²) in [4.78, 5) is 14.1. The van der Waals surface area contributed by atoms with E-state index in [0.29, 0.717) is 5.82 Å². The van der Waals surface area contributed by atoms with Crippen LogP contribution < -0.4 is 5.32 Å². The average Bonchev–Trinajstić information content (AvgIpc) is 3.30. The minimum Gasteiger partial charge on any atom is -0.317 e. The topological polar surface area (TPSA) is 50.2 Å². The van der Waals surface area contributed by atoms with E-state index in [0.717, 1.165) is 24.6 Å². The number of nitrogens with one attached hydrogen (secondary N) is 1. The van der Waals surface area contributed by atoms with Crippen LogP contribution in [-0.2, 0) is 19.8 Å². The van der Waals surface area contributed by atoms with Crippen molar-refractivity contribution in [2.24, 2.45) is 7.05 Å². The van der Waals surface area contributed by atoms with Crippen LogP contribution >= 0.6 is 0 Å². The molecule has 1 N–H and O–H groups in total. The lowest BCUT2D eigenvalue weighted by atomic mass is 10.1. The van der Waals surface area contributed by atoms with Gasteiger partial charge in [0, 0.05) is 25.7 Å². The van der Waals surface area contributed by atoms with Gasteiger partial charge < -0.3 is 4.90 Å². The first-order valence-corrected chi connectivity index (χ1v) is 7.99. The fraction of sp³-hybridized carbons (Fsp3) is 0.412. The molecule has 134 valence electrons. The molecule has 2 aromatic rings. The van der Waals surface area contributed by atoms with Crippen LogP contribution in [0.25, 0.3) is 0 Å². The number of alkyl halides is 3. The van der Waals surface area contributed by atoms with Crippen LogP contribution in [0.5, 0.6) is 0 Å². The molecule has 5 nitrogen and oxygen atoms in total. The van der Waals surface area contributed by atoms with Gasteiger partial charge in [0.2, 0.25) is 0 Å². The molecule has 0 radical (unpaired) electrons. The summed E-state index contributed by atoms with van der Waals surface area (Å²) in [6.07, 6.45) is -2.85. The molecule has 1 aliphatic carbocycles. The molecule has 0 aliphatic heterocycles. The Morgan fingerprint density at radius 1 is 1.36 bits per heavy atom. The largest absolute Gasteiger partial charge is 0.416 e. The summed E-state index contributed by atoms with van der Waals surface area (Å²) in [5.41, 5.74) is 0.140. The minimum absolute atomic E-state index is 0.0318. The van der Waals surface area contributed by atoms with E-state index in [4.69, 9.17) is 0 Å². The number of benzene rings is 1. The number of hydrogen-bond acceptors (Lipinski definition) is 2. The molecule has 1 aromatic heterocycles. The molecule has 1 aliphatic rings. The molecule has 2 amide bonds. The molecule has 1 fully saturated rings. The smallest absolute Gasteiger partial charge is 0.317 e. The highest BCUT2D eigenvalue weighted by Gasteiger charge is 2.37. The van der Waals surface area contributed by atoms with Gasteiger partial charge in [-0.2, -0.15) is 18.3 Å². The van der Waals surface area contributed by atoms with Crippen LogP contribution in [-0.4, -0.2) is 26.8 Å². The first-order valence-electron chi connectivity index (χ1n) is 7.99. The highest BCUT2D eigenvalue weighted by atomic mass is 19.4. The Morgan fingerprint density at radius 3 is 2.60 bits per heavy atom. The fourth-order valence-corrected chi connectivity index (χ4v) is 2.78. The second-order valence-corrected chi connectivity index (χ2v) is 6.24.